The summed E-state index contributed by atoms with van der Waals surface area (Å²) in [4.78, 5) is 34.5. The Morgan fingerprint density at radius 2 is 1.71 bits per heavy atom. The predicted molar refractivity (Wildman–Crippen MR) is 127 cm³/mol. The van der Waals surface area contributed by atoms with Crippen molar-refractivity contribution in [3.05, 3.63) is 68.3 Å². The van der Waals surface area contributed by atoms with Gasteiger partial charge in [-0.1, -0.05) is 0 Å². The van der Waals surface area contributed by atoms with Crippen molar-refractivity contribution in [3.63, 3.8) is 0 Å². The zero-order valence-electron chi connectivity index (χ0n) is 19.6. The van der Waals surface area contributed by atoms with Crippen LogP contribution in [0.1, 0.15) is 43.5 Å². The molecule has 2 aliphatic carbocycles. The number of methoxy groups -OCH3 is 1. The molecule has 2 bridgehead atoms. The van der Waals surface area contributed by atoms with Gasteiger partial charge in [0.1, 0.15) is 0 Å². The predicted octanol–water partition coefficient (Wildman–Crippen LogP) is 4.24. The van der Waals surface area contributed by atoms with Crippen LogP contribution in [0.25, 0.3) is 0 Å². The molecule has 2 aromatic rings. The molecule has 4 unspecified atom stereocenters. The zero-order chi connectivity index (χ0) is 25.2. The summed E-state index contributed by atoms with van der Waals surface area (Å²) in [7, 11) is 1.56. The summed E-state index contributed by atoms with van der Waals surface area (Å²) in [5.41, 5.74) is -1.42. The van der Waals surface area contributed by atoms with Crippen molar-refractivity contribution in [1.82, 2.24) is 0 Å². The van der Waals surface area contributed by atoms with Crippen molar-refractivity contribution in [2.75, 3.05) is 7.11 Å². The van der Waals surface area contributed by atoms with Crippen molar-refractivity contribution < 1.29 is 27.0 Å². The normalized spacial score (nSPS) is 31.9. The number of carbonyl (C=O) groups is 1. The van der Waals surface area contributed by atoms with E-state index in [1.54, 1.807) is 19.2 Å². The summed E-state index contributed by atoms with van der Waals surface area (Å²) < 4.78 is 19.0. The van der Waals surface area contributed by atoms with E-state index < -0.39 is 40.7 Å². The van der Waals surface area contributed by atoms with Gasteiger partial charge in [0.2, 0.25) is 0 Å². The number of benzene rings is 2. The molecule has 2 saturated carbocycles. The van der Waals surface area contributed by atoms with E-state index in [0.717, 1.165) is 41.9 Å². The van der Waals surface area contributed by atoms with Crippen molar-refractivity contribution in [1.29, 1.82) is 0 Å². The SMILES string of the molecule is COc1ccc([Se]2(OC(=O)c3cc([N+](=O)[O-])cc([N+](=O)[O-])c3)CC34CCC(CC3O2)C4(C)C)cc1. The molecular formula is C24H26N2O8Se. The molecule has 3 fully saturated rings. The molecule has 1 aliphatic heterocycles. The third-order valence-corrected chi connectivity index (χ3v) is 14.2. The Morgan fingerprint density at radius 1 is 1.09 bits per heavy atom. The third-order valence-electron chi connectivity index (χ3n) is 8.27. The molecule has 11 heteroatoms. The van der Waals surface area contributed by atoms with Crippen molar-refractivity contribution >= 4 is 35.3 Å². The van der Waals surface area contributed by atoms with Gasteiger partial charge in [-0.15, -0.1) is 0 Å². The van der Waals surface area contributed by atoms with E-state index in [-0.39, 0.29) is 22.5 Å². The second-order valence-corrected chi connectivity index (χ2v) is 14.9. The molecule has 0 aromatic heterocycles. The van der Waals surface area contributed by atoms with Crippen LogP contribution in [0, 0.1) is 37.0 Å². The van der Waals surface area contributed by atoms with Gasteiger partial charge in [-0.25, -0.2) is 0 Å². The standard InChI is InChI=1S/C24H26N2O8Se/c1-23(2)16-8-9-24(23)14-35(33-21(24)12-16,20-6-4-19(32-3)5-7-20)34-22(27)15-10-17(25(28)29)13-18(11-15)26(30)31/h4-7,10-11,13,16,21H,8-9,12,14H2,1-3H3. The van der Waals surface area contributed by atoms with Crippen LogP contribution in [-0.2, 0) is 7.64 Å². The first-order chi connectivity index (χ1) is 16.5. The first kappa shape index (κ1) is 23.7. The maximum atomic E-state index is 13.4. The van der Waals surface area contributed by atoms with Crippen LogP contribution >= 0.6 is 0 Å². The molecule has 0 amide bonds. The number of nitrogens with zero attached hydrogens (tertiary/aromatic N) is 2. The van der Waals surface area contributed by atoms with Gasteiger partial charge in [0.15, 0.2) is 0 Å². The van der Waals surface area contributed by atoms with Crippen molar-refractivity contribution in [3.8, 4) is 5.75 Å². The number of non-ortho nitro benzene ring substituents is 2. The van der Waals surface area contributed by atoms with Crippen LogP contribution < -0.4 is 9.20 Å². The Bertz CT molecular complexity index is 1200. The molecule has 0 N–H and O–H groups in total. The molecule has 186 valence electrons. The van der Waals surface area contributed by atoms with E-state index >= 15 is 0 Å². The van der Waals surface area contributed by atoms with E-state index in [2.05, 4.69) is 13.8 Å². The minimum atomic E-state index is -3.62. The van der Waals surface area contributed by atoms with Gasteiger partial charge in [-0.3, -0.25) is 0 Å². The molecule has 4 atom stereocenters. The molecule has 1 saturated heterocycles. The van der Waals surface area contributed by atoms with Gasteiger partial charge in [-0.05, 0) is 0 Å². The van der Waals surface area contributed by atoms with E-state index in [0.29, 0.717) is 17.0 Å². The molecule has 1 heterocycles. The molecule has 5 rings (SSSR count). The summed E-state index contributed by atoms with van der Waals surface area (Å²) in [6.45, 7) is 4.53. The average Bonchev–Trinajstić information content (AvgIpc) is 3.37. The Balaban J connectivity index is 1.56. The van der Waals surface area contributed by atoms with Gasteiger partial charge >= 0.3 is 205 Å². The number of hydrogen-bond acceptors (Lipinski definition) is 8. The molecule has 2 aromatic carbocycles. The molecule has 1 spiro atoms. The Kier molecular flexibility index (Phi) is 5.43. The van der Waals surface area contributed by atoms with Crippen molar-refractivity contribution in [2.45, 2.75) is 44.5 Å². The fourth-order valence-electron chi connectivity index (χ4n) is 6.15. The second kappa shape index (κ2) is 8.01. The van der Waals surface area contributed by atoms with E-state index in [1.165, 1.54) is 0 Å². The number of nitro benzene ring substituents is 2. The summed E-state index contributed by atoms with van der Waals surface area (Å²) in [6.07, 6.45) is 2.96. The van der Waals surface area contributed by atoms with E-state index in [4.69, 9.17) is 12.4 Å². The first-order valence-corrected chi connectivity index (χ1v) is 14.8. The topological polar surface area (TPSA) is 131 Å². The number of ether oxygens (including phenoxy) is 1. The Labute approximate surface area is 204 Å². The van der Waals surface area contributed by atoms with Crippen molar-refractivity contribution in [2.24, 2.45) is 16.7 Å². The van der Waals surface area contributed by atoms with Crippen LogP contribution in [0.2, 0.25) is 5.32 Å². The molecule has 3 aliphatic rings. The Morgan fingerprint density at radius 3 is 2.23 bits per heavy atom. The summed E-state index contributed by atoms with van der Waals surface area (Å²) in [5, 5.41) is 23.3. The molecule has 0 radical (unpaired) electrons. The second-order valence-electron chi connectivity index (χ2n) is 9.99. The summed E-state index contributed by atoms with van der Waals surface area (Å²) in [5.74, 6) is 0.351. The van der Waals surface area contributed by atoms with E-state index in [1.807, 2.05) is 12.1 Å². The van der Waals surface area contributed by atoms with Crippen LogP contribution in [0.4, 0.5) is 11.4 Å². The van der Waals surface area contributed by atoms with Crippen LogP contribution in [-0.4, -0.2) is 42.5 Å². The zero-order valence-corrected chi connectivity index (χ0v) is 21.3. The number of rotatable bonds is 6. The number of nitro groups is 2. The monoisotopic (exact) mass is 550 g/mol. The summed E-state index contributed by atoms with van der Waals surface area (Å²) >= 11 is -3.62. The van der Waals surface area contributed by atoms with Gasteiger partial charge < -0.3 is 0 Å². The van der Waals surface area contributed by atoms with Gasteiger partial charge in [0.05, 0.1) is 0 Å². The number of hydrogen-bond donors (Lipinski definition) is 0. The summed E-state index contributed by atoms with van der Waals surface area (Å²) in [6, 6.07) is 10.1. The van der Waals surface area contributed by atoms with Crippen LogP contribution in [0.15, 0.2) is 42.5 Å². The third kappa shape index (κ3) is 3.52. The minimum absolute atomic E-state index is 0.0278. The number of fused-ring (bicyclic) bond motifs is 1. The quantitative estimate of drug-likeness (QED) is 0.297. The Hall–Kier alpha value is -3.01. The molecule has 35 heavy (non-hydrogen) atoms. The molecule has 10 nitrogen and oxygen atoms in total. The fourth-order valence-corrected chi connectivity index (χ4v) is 13.4. The number of carbonyl (C=O) groups excluding carboxylic acids is 1. The van der Waals surface area contributed by atoms with Crippen LogP contribution in [0.5, 0.6) is 5.75 Å². The van der Waals surface area contributed by atoms with Gasteiger partial charge in [0.25, 0.3) is 0 Å². The average molecular weight is 549 g/mol. The first-order valence-electron chi connectivity index (χ1n) is 11.3. The van der Waals surface area contributed by atoms with Gasteiger partial charge in [-0.2, -0.15) is 0 Å². The fraction of sp³-hybridized carbons (Fsp3) is 0.458. The van der Waals surface area contributed by atoms with E-state index in [9.17, 15) is 25.0 Å². The maximum absolute atomic E-state index is 13.4. The van der Waals surface area contributed by atoms with Gasteiger partial charge in [0, 0.05) is 0 Å². The van der Waals surface area contributed by atoms with Crippen LogP contribution in [0.3, 0.4) is 0 Å². The molecular weight excluding hydrogens is 523 g/mol.